The number of nitrogens with zero attached hydrogens (tertiary/aromatic N) is 2. The maximum absolute atomic E-state index is 4.65. The first-order valence-corrected chi connectivity index (χ1v) is 8.13. The van der Waals surface area contributed by atoms with Crippen molar-refractivity contribution in [2.45, 2.75) is 45.4 Å². The molecule has 0 bridgehead atoms. The molecule has 0 amide bonds. The molecule has 0 radical (unpaired) electrons. The van der Waals surface area contributed by atoms with Crippen LogP contribution in [0.5, 0.6) is 0 Å². The van der Waals surface area contributed by atoms with Crippen molar-refractivity contribution in [2.24, 2.45) is 10.9 Å². The zero-order chi connectivity index (χ0) is 13.3. The van der Waals surface area contributed by atoms with E-state index < -0.39 is 0 Å². The molecule has 2 aliphatic rings. The minimum absolute atomic E-state index is 0. The number of nitrogens with one attached hydrogen (secondary N) is 2. The summed E-state index contributed by atoms with van der Waals surface area (Å²) in [5, 5.41) is 6.79. The number of rotatable bonds is 7. The third kappa shape index (κ3) is 7.67. The summed E-state index contributed by atoms with van der Waals surface area (Å²) in [5.41, 5.74) is 0. The van der Waals surface area contributed by atoms with Gasteiger partial charge in [0.25, 0.3) is 0 Å². The Kier molecular flexibility index (Phi) is 9.59. The van der Waals surface area contributed by atoms with E-state index in [9.17, 15) is 0 Å². The molecule has 2 fully saturated rings. The highest BCUT2D eigenvalue weighted by Gasteiger charge is 2.20. The van der Waals surface area contributed by atoms with Crippen molar-refractivity contribution in [1.29, 1.82) is 0 Å². The molecule has 1 aliphatic heterocycles. The molecule has 118 valence electrons. The molecular weight excluding hydrogens is 363 g/mol. The third-order valence-electron chi connectivity index (χ3n) is 4.02. The third-order valence-corrected chi connectivity index (χ3v) is 4.02. The molecule has 2 N–H and O–H groups in total. The molecule has 20 heavy (non-hydrogen) atoms. The van der Waals surface area contributed by atoms with Gasteiger partial charge in [0.2, 0.25) is 0 Å². The second kappa shape index (κ2) is 10.7. The highest BCUT2D eigenvalue weighted by atomic mass is 127. The highest BCUT2D eigenvalue weighted by molar-refractivity contribution is 14.0. The van der Waals surface area contributed by atoms with Gasteiger partial charge in [0, 0.05) is 26.2 Å². The minimum atomic E-state index is 0. The SMILES string of the molecule is CCNC(=NCCC1CC1)NCCN1CCCCC1.I. The van der Waals surface area contributed by atoms with Crippen LogP contribution >= 0.6 is 24.0 Å². The Hall–Kier alpha value is -0.0400. The summed E-state index contributed by atoms with van der Waals surface area (Å²) in [6.07, 6.45) is 8.27. The first-order chi connectivity index (χ1) is 9.38. The van der Waals surface area contributed by atoms with Gasteiger partial charge in [-0.25, -0.2) is 0 Å². The van der Waals surface area contributed by atoms with E-state index in [-0.39, 0.29) is 24.0 Å². The molecule has 0 unspecified atom stereocenters. The summed E-state index contributed by atoms with van der Waals surface area (Å²) < 4.78 is 0. The van der Waals surface area contributed by atoms with Crippen LogP contribution in [-0.4, -0.2) is 50.1 Å². The van der Waals surface area contributed by atoms with E-state index in [0.29, 0.717) is 0 Å². The molecule has 0 aromatic heterocycles. The van der Waals surface area contributed by atoms with Crippen LogP contribution in [0.2, 0.25) is 0 Å². The normalized spacial score (nSPS) is 20.4. The molecule has 1 saturated carbocycles. The number of piperidine rings is 1. The zero-order valence-electron chi connectivity index (χ0n) is 12.9. The van der Waals surface area contributed by atoms with Gasteiger partial charge in [-0.3, -0.25) is 4.99 Å². The second-order valence-electron chi connectivity index (χ2n) is 5.82. The van der Waals surface area contributed by atoms with E-state index in [1.165, 1.54) is 51.6 Å². The quantitative estimate of drug-likeness (QED) is 0.396. The summed E-state index contributed by atoms with van der Waals surface area (Å²) in [4.78, 5) is 7.21. The monoisotopic (exact) mass is 394 g/mol. The van der Waals surface area contributed by atoms with Crippen LogP contribution in [0, 0.1) is 5.92 Å². The lowest BCUT2D eigenvalue weighted by Gasteiger charge is -2.26. The van der Waals surface area contributed by atoms with E-state index in [1.807, 2.05) is 0 Å². The predicted molar refractivity (Wildman–Crippen MR) is 97.0 cm³/mol. The van der Waals surface area contributed by atoms with Crippen LogP contribution in [0.3, 0.4) is 0 Å². The van der Waals surface area contributed by atoms with E-state index in [4.69, 9.17) is 0 Å². The van der Waals surface area contributed by atoms with Crippen molar-refractivity contribution < 1.29 is 0 Å². The Morgan fingerprint density at radius 3 is 2.55 bits per heavy atom. The standard InChI is InChI=1S/C15H30N4.HI/c1-2-16-15(17-9-8-14-6-7-14)18-10-13-19-11-4-3-5-12-19;/h14H,2-13H2,1H3,(H2,16,17,18);1H. The number of guanidine groups is 1. The molecule has 5 heteroatoms. The van der Waals surface area contributed by atoms with Gasteiger partial charge < -0.3 is 15.5 Å². The molecule has 0 aromatic rings. The van der Waals surface area contributed by atoms with Crippen LogP contribution in [0.15, 0.2) is 4.99 Å². The molecule has 1 saturated heterocycles. The van der Waals surface area contributed by atoms with Crippen LogP contribution in [0.4, 0.5) is 0 Å². The molecule has 1 heterocycles. The first-order valence-electron chi connectivity index (χ1n) is 8.13. The van der Waals surface area contributed by atoms with Crippen molar-refractivity contribution in [2.75, 3.05) is 39.3 Å². The second-order valence-corrected chi connectivity index (χ2v) is 5.82. The van der Waals surface area contributed by atoms with Crippen molar-refractivity contribution in [3.05, 3.63) is 0 Å². The Balaban J connectivity index is 0.00000200. The minimum Gasteiger partial charge on any atom is -0.357 e. The smallest absolute Gasteiger partial charge is 0.191 e. The summed E-state index contributed by atoms with van der Waals surface area (Å²) in [7, 11) is 0. The summed E-state index contributed by atoms with van der Waals surface area (Å²) in [5.74, 6) is 1.97. The average molecular weight is 394 g/mol. The van der Waals surface area contributed by atoms with Crippen molar-refractivity contribution in [3.8, 4) is 0 Å². The lowest BCUT2D eigenvalue weighted by molar-refractivity contribution is 0.232. The van der Waals surface area contributed by atoms with E-state index in [0.717, 1.165) is 38.1 Å². The van der Waals surface area contributed by atoms with Crippen LogP contribution in [0.25, 0.3) is 0 Å². The lowest BCUT2D eigenvalue weighted by Crippen LogP contribution is -2.42. The van der Waals surface area contributed by atoms with Crippen LogP contribution in [0.1, 0.15) is 45.4 Å². The summed E-state index contributed by atoms with van der Waals surface area (Å²) in [6.45, 7) is 8.75. The van der Waals surface area contributed by atoms with Crippen LogP contribution < -0.4 is 10.6 Å². The molecular formula is C15H31IN4. The molecule has 4 nitrogen and oxygen atoms in total. The predicted octanol–water partition coefficient (Wildman–Crippen LogP) is 2.45. The van der Waals surface area contributed by atoms with Gasteiger partial charge in [0.15, 0.2) is 5.96 Å². The van der Waals surface area contributed by atoms with Crippen molar-refractivity contribution in [3.63, 3.8) is 0 Å². The van der Waals surface area contributed by atoms with Crippen molar-refractivity contribution in [1.82, 2.24) is 15.5 Å². The Labute approximate surface area is 141 Å². The fourth-order valence-corrected chi connectivity index (χ4v) is 2.62. The lowest BCUT2D eigenvalue weighted by atomic mass is 10.1. The summed E-state index contributed by atoms with van der Waals surface area (Å²) in [6, 6.07) is 0. The maximum atomic E-state index is 4.65. The molecule has 2 rings (SSSR count). The van der Waals surface area contributed by atoms with Gasteiger partial charge in [-0.05, 0) is 45.2 Å². The maximum Gasteiger partial charge on any atom is 0.191 e. The van der Waals surface area contributed by atoms with E-state index in [2.05, 4.69) is 27.4 Å². The summed E-state index contributed by atoms with van der Waals surface area (Å²) >= 11 is 0. The van der Waals surface area contributed by atoms with Gasteiger partial charge in [0.1, 0.15) is 0 Å². The molecule has 0 aromatic carbocycles. The van der Waals surface area contributed by atoms with Gasteiger partial charge >= 0.3 is 0 Å². The fraction of sp³-hybridized carbons (Fsp3) is 0.933. The molecule has 0 atom stereocenters. The largest absolute Gasteiger partial charge is 0.357 e. The zero-order valence-corrected chi connectivity index (χ0v) is 15.2. The van der Waals surface area contributed by atoms with Gasteiger partial charge in [0.05, 0.1) is 0 Å². The number of hydrogen-bond donors (Lipinski definition) is 2. The van der Waals surface area contributed by atoms with Gasteiger partial charge in [-0.15, -0.1) is 24.0 Å². The fourth-order valence-electron chi connectivity index (χ4n) is 2.62. The number of hydrogen-bond acceptors (Lipinski definition) is 2. The number of halogens is 1. The molecule has 1 aliphatic carbocycles. The Morgan fingerprint density at radius 1 is 1.15 bits per heavy atom. The van der Waals surface area contributed by atoms with Gasteiger partial charge in [-0.1, -0.05) is 19.3 Å². The van der Waals surface area contributed by atoms with Gasteiger partial charge in [-0.2, -0.15) is 0 Å². The van der Waals surface area contributed by atoms with Crippen LogP contribution in [-0.2, 0) is 0 Å². The van der Waals surface area contributed by atoms with E-state index >= 15 is 0 Å². The first kappa shape index (κ1) is 18.0. The highest BCUT2D eigenvalue weighted by Crippen LogP contribution is 2.32. The Morgan fingerprint density at radius 2 is 1.90 bits per heavy atom. The Bertz CT molecular complexity index is 273. The topological polar surface area (TPSA) is 39.7 Å². The average Bonchev–Trinajstić information content (AvgIpc) is 3.24. The van der Waals surface area contributed by atoms with Crippen molar-refractivity contribution >= 4 is 29.9 Å². The molecule has 0 spiro atoms. The number of likely N-dealkylation sites (tertiary alicyclic amines) is 1. The van der Waals surface area contributed by atoms with E-state index in [1.54, 1.807) is 0 Å². The number of aliphatic imine (C=N–C) groups is 1.